The standard InChI is InChI=1S/C9H7N5O2/c10-4-1-2-5-6(3-4)11-8(15)14-7(5)12-13-9(14)16/h1-3H,10H2,(H,11,15)(H,13,16). The third-order valence-corrected chi connectivity index (χ3v) is 2.40. The van der Waals surface area contributed by atoms with E-state index in [-0.39, 0.29) is 0 Å². The van der Waals surface area contributed by atoms with E-state index in [9.17, 15) is 9.59 Å². The summed E-state index contributed by atoms with van der Waals surface area (Å²) in [7, 11) is 0. The molecule has 16 heavy (non-hydrogen) atoms. The Kier molecular flexibility index (Phi) is 1.48. The summed E-state index contributed by atoms with van der Waals surface area (Å²) >= 11 is 0. The first-order valence-corrected chi connectivity index (χ1v) is 4.55. The van der Waals surface area contributed by atoms with E-state index >= 15 is 0 Å². The lowest BCUT2D eigenvalue weighted by atomic mass is 10.2. The third-order valence-electron chi connectivity index (χ3n) is 2.40. The molecule has 0 saturated carbocycles. The van der Waals surface area contributed by atoms with Crippen LogP contribution in [0.1, 0.15) is 0 Å². The van der Waals surface area contributed by atoms with Gasteiger partial charge in [0.25, 0.3) is 0 Å². The Bertz CT molecular complexity index is 810. The van der Waals surface area contributed by atoms with E-state index in [1.54, 1.807) is 18.2 Å². The summed E-state index contributed by atoms with van der Waals surface area (Å²) in [6.45, 7) is 0. The molecule has 7 nitrogen and oxygen atoms in total. The largest absolute Gasteiger partial charge is 0.399 e. The van der Waals surface area contributed by atoms with Crippen LogP contribution < -0.4 is 17.1 Å². The van der Waals surface area contributed by atoms with Crippen molar-refractivity contribution in [3.63, 3.8) is 0 Å². The second-order valence-electron chi connectivity index (χ2n) is 3.42. The third kappa shape index (κ3) is 0.991. The normalized spacial score (nSPS) is 11.2. The Morgan fingerprint density at radius 1 is 1.25 bits per heavy atom. The Balaban J connectivity index is 2.70. The van der Waals surface area contributed by atoms with Gasteiger partial charge in [-0.1, -0.05) is 0 Å². The van der Waals surface area contributed by atoms with Crippen molar-refractivity contribution in [2.45, 2.75) is 0 Å². The fraction of sp³-hybridized carbons (Fsp3) is 0. The topological polar surface area (TPSA) is 109 Å². The first-order chi connectivity index (χ1) is 7.66. The van der Waals surface area contributed by atoms with Crippen LogP contribution in [0.2, 0.25) is 0 Å². The van der Waals surface area contributed by atoms with E-state index < -0.39 is 11.4 Å². The van der Waals surface area contributed by atoms with Gasteiger partial charge in [-0.25, -0.2) is 14.7 Å². The molecule has 4 N–H and O–H groups in total. The summed E-state index contributed by atoms with van der Waals surface area (Å²) in [6, 6.07) is 5.01. The zero-order chi connectivity index (χ0) is 11.3. The van der Waals surface area contributed by atoms with Gasteiger partial charge in [0.05, 0.1) is 5.52 Å². The van der Waals surface area contributed by atoms with Gasteiger partial charge in [0.1, 0.15) is 0 Å². The van der Waals surface area contributed by atoms with E-state index in [0.29, 0.717) is 22.2 Å². The minimum atomic E-state index is -0.560. The molecule has 0 fully saturated rings. The lowest BCUT2D eigenvalue weighted by Crippen LogP contribution is -2.25. The highest BCUT2D eigenvalue weighted by Crippen LogP contribution is 2.16. The van der Waals surface area contributed by atoms with Crippen molar-refractivity contribution in [2.75, 3.05) is 5.73 Å². The van der Waals surface area contributed by atoms with Crippen LogP contribution in [0.3, 0.4) is 0 Å². The van der Waals surface area contributed by atoms with E-state index in [4.69, 9.17) is 5.73 Å². The van der Waals surface area contributed by atoms with Gasteiger partial charge in [-0.05, 0) is 18.2 Å². The highest BCUT2D eigenvalue weighted by molar-refractivity contribution is 5.92. The number of benzene rings is 1. The van der Waals surface area contributed by atoms with Gasteiger partial charge in [-0.15, -0.1) is 0 Å². The number of nitrogens with zero attached hydrogens (tertiary/aromatic N) is 2. The molecule has 2 heterocycles. The molecule has 0 unspecified atom stereocenters. The molecule has 0 atom stereocenters. The SMILES string of the molecule is Nc1ccc2c(c1)[nH]c(=O)n1c(=O)[nH]nc21. The molecule has 1 aromatic carbocycles. The van der Waals surface area contributed by atoms with Crippen molar-refractivity contribution >= 4 is 22.2 Å². The average Bonchev–Trinajstić information content (AvgIpc) is 2.61. The maximum Gasteiger partial charge on any atom is 0.351 e. The Labute approximate surface area is 87.5 Å². The smallest absolute Gasteiger partial charge is 0.351 e. The molecule has 80 valence electrons. The van der Waals surface area contributed by atoms with Gasteiger partial charge in [-0.2, -0.15) is 9.50 Å². The van der Waals surface area contributed by atoms with Gasteiger partial charge in [-0.3, -0.25) is 0 Å². The molecule has 3 aromatic rings. The van der Waals surface area contributed by atoms with Gasteiger partial charge in [0, 0.05) is 11.1 Å². The van der Waals surface area contributed by atoms with Crippen LogP contribution in [0.4, 0.5) is 5.69 Å². The van der Waals surface area contributed by atoms with Crippen molar-refractivity contribution in [1.29, 1.82) is 0 Å². The number of rotatable bonds is 0. The zero-order valence-electron chi connectivity index (χ0n) is 8.02. The number of nitrogens with one attached hydrogen (secondary N) is 2. The van der Waals surface area contributed by atoms with Crippen LogP contribution in [0, 0.1) is 0 Å². The van der Waals surface area contributed by atoms with Crippen LogP contribution in [0.15, 0.2) is 27.8 Å². The quantitative estimate of drug-likeness (QED) is 0.439. The van der Waals surface area contributed by atoms with E-state index in [0.717, 1.165) is 4.40 Å². The molecular formula is C9H7N5O2. The van der Waals surface area contributed by atoms with E-state index in [2.05, 4.69) is 15.2 Å². The number of hydrogen-bond acceptors (Lipinski definition) is 4. The minimum absolute atomic E-state index is 0.295. The van der Waals surface area contributed by atoms with Crippen LogP contribution in [0.25, 0.3) is 16.6 Å². The number of aromatic amines is 2. The van der Waals surface area contributed by atoms with Crippen LogP contribution in [0.5, 0.6) is 0 Å². The molecule has 0 spiro atoms. The Hall–Kier alpha value is -2.57. The molecule has 7 heteroatoms. The number of nitrogen functional groups attached to an aromatic ring is 1. The predicted octanol–water partition coefficient (Wildman–Crippen LogP) is -0.554. The Morgan fingerprint density at radius 2 is 2.06 bits per heavy atom. The monoisotopic (exact) mass is 217 g/mol. The second-order valence-corrected chi connectivity index (χ2v) is 3.42. The van der Waals surface area contributed by atoms with E-state index in [1.807, 2.05) is 0 Å². The van der Waals surface area contributed by atoms with Gasteiger partial charge in [0.15, 0.2) is 5.65 Å². The highest BCUT2D eigenvalue weighted by atomic mass is 16.2. The van der Waals surface area contributed by atoms with Gasteiger partial charge in [0.2, 0.25) is 0 Å². The van der Waals surface area contributed by atoms with Gasteiger partial charge < -0.3 is 10.7 Å². The maximum absolute atomic E-state index is 11.6. The molecular weight excluding hydrogens is 210 g/mol. The van der Waals surface area contributed by atoms with Crippen molar-refractivity contribution in [3.05, 3.63) is 39.2 Å². The van der Waals surface area contributed by atoms with Crippen LogP contribution in [-0.4, -0.2) is 19.6 Å². The molecule has 3 rings (SSSR count). The van der Waals surface area contributed by atoms with Gasteiger partial charge >= 0.3 is 11.4 Å². The van der Waals surface area contributed by atoms with Crippen molar-refractivity contribution in [2.24, 2.45) is 0 Å². The molecule has 0 bridgehead atoms. The number of hydrogen-bond donors (Lipinski definition) is 3. The zero-order valence-corrected chi connectivity index (χ0v) is 8.02. The molecule has 0 aliphatic rings. The average molecular weight is 217 g/mol. The number of aromatic nitrogens is 4. The molecule has 0 aliphatic carbocycles. The van der Waals surface area contributed by atoms with Crippen molar-refractivity contribution in [3.8, 4) is 0 Å². The maximum atomic E-state index is 11.6. The summed E-state index contributed by atoms with van der Waals surface area (Å²) in [5.74, 6) is 0. The predicted molar refractivity (Wildman–Crippen MR) is 58.4 cm³/mol. The second kappa shape index (κ2) is 2.72. The molecule has 0 saturated heterocycles. The highest BCUT2D eigenvalue weighted by Gasteiger charge is 2.08. The molecule has 2 aromatic heterocycles. The molecule has 0 aliphatic heterocycles. The first-order valence-electron chi connectivity index (χ1n) is 4.55. The van der Waals surface area contributed by atoms with Crippen molar-refractivity contribution in [1.82, 2.24) is 19.6 Å². The van der Waals surface area contributed by atoms with E-state index in [1.165, 1.54) is 0 Å². The Morgan fingerprint density at radius 3 is 2.88 bits per heavy atom. The number of nitrogens with two attached hydrogens (primary N) is 1. The number of fused-ring (bicyclic) bond motifs is 3. The fourth-order valence-electron chi connectivity index (χ4n) is 1.70. The number of H-pyrrole nitrogens is 2. The van der Waals surface area contributed by atoms with Crippen LogP contribution in [-0.2, 0) is 0 Å². The molecule has 0 amide bonds. The van der Waals surface area contributed by atoms with Crippen LogP contribution >= 0.6 is 0 Å². The lowest BCUT2D eigenvalue weighted by molar-refractivity contribution is 0.958. The minimum Gasteiger partial charge on any atom is -0.399 e. The number of anilines is 1. The summed E-state index contributed by atoms with van der Waals surface area (Å²) in [6.07, 6.45) is 0. The van der Waals surface area contributed by atoms with Crippen molar-refractivity contribution < 1.29 is 0 Å². The summed E-state index contributed by atoms with van der Waals surface area (Å²) in [4.78, 5) is 25.5. The summed E-state index contributed by atoms with van der Waals surface area (Å²) in [5.41, 5.74) is 5.89. The first kappa shape index (κ1) is 8.72. The fourth-order valence-corrected chi connectivity index (χ4v) is 1.70. The molecule has 0 radical (unpaired) electrons. The summed E-state index contributed by atoms with van der Waals surface area (Å²) in [5, 5.41) is 6.69. The lowest BCUT2D eigenvalue weighted by Gasteiger charge is -1.99. The summed E-state index contributed by atoms with van der Waals surface area (Å²) < 4.78 is 0.943.